The molecule has 6 heteroatoms. The second-order valence-electron chi connectivity index (χ2n) is 3.61. The Bertz CT molecular complexity index is 567. The molecule has 0 saturated heterocycles. The van der Waals surface area contributed by atoms with E-state index >= 15 is 0 Å². The van der Waals surface area contributed by atoms with E-state index in [-0.39, 0.29) is 0 Å². The molecule has 3 heterocycles. The molecule has 5 nitrogen and oxygen atoms in total. The molecule has 0 radical (unpaired) electrons. The van der Waals surface area contributed by atoms with Gasteiger partial charge in [-0.1, -0.05) is 0 Å². The van der Waals surface area contributed by atoms with Crippen molar-refractivity contribution in [2.75, 3.05) is 0 Å². The Morgan fingerprint density at radius 3 is 3.00 bits per heavy atom. The summed E-state index contributed by atoms with van der Waals surface area (Å²) in [5.41, 5.74) is 1.13. The van der Waals surface area contributed by atoms with Crippen molar-refractivity contribution in [2.45, 2.75) is 13.0 Å². The zero-order chi connectivity index (χ0) is 11.5. The van der Waals surface area contributed by atoms with Crippen LogP contribution in [0.25, 0.3) is 10.8 Å². The quantitative estimate of drug-likeness (QED) is 0.764. The molecular formula is C11H11N5S. The van der Waals surface area contributed by atoms with Crippen LogP contribution in [0.2, 0.25) is 0 Å². The minimum Gasteiger partial charge on any atom is -0.329 e. The summed E-state index contributed by atoms with van der Waals surface area (Å²) in [6.45, 7) is 0.872. The molecule has 0 aliphatic rings. The number of aromatic nitrogens is 5. The highest BCUT2D eigenvalue weighted by Crippen LogP contribution is 2.19. The van der Waals surface area contributed by atoms with Gasteiger partial charge in [-0.3, -0.25) is 5.10 Å². The summed E-state index contributed by atoms with van der Waals surface area (Å²) in [4.78, 5) is 8.62. The number of thiazole rings is 1. The van der Waals surface area contributed by atoms with E-state index in [4.69, 9.17) is 0 Å². The molecule has 3 aromatic rings. The minimum absolute atomic E-state index is 0.872. The van der Waals surface area contributed by atoms with Crippen LogP contribution in [0, 0.1) is 0 Å². The number of hydrogen-bond acceptors (Lipinski definition) is 4. The molecule has 0 aliphatic heterocycles. The maximum Gasteiger partial charge on any atom is 0.169 e. The van der Waals surface area contributed by atoms with Gasteiger partial charge in [-0.05, 0) is 6.07 Å². The van der Waals surface area contributed by atoms with Crippen LogP contribution in [0.3, 0.4) is 0 Å². The first-order valence-corrected chi connectivity index (χ1v) is 6.21. The summed E-state index contributed by atoms with van der Waals surface area (Å²) in [6, 6.07) is 1.99. The highest BCUT2D eigenvalue weighted by Gasteiger charge is 2.08. The van der Waals surface area contributed by atoms with Gasteiger partial charge in [-0.2, -0.15) is 5.10 Å². The lowest BCUT2D eigenvalue weighted by molar-refractivity contribution is 0.689. The number of rotatable bonds is 4. The van der Waals surface area contributed by atoms with Gasteiger partial charge in [-0.25, -0.2) is 9.97 Å². The van der Waals surface area contributed by atoms with Crippen molar-refractivity contribution in [1.82, 2.24) is 24.7 Å². The van der Waals surface area contributed by atoms with E-state index < -0.39 is 0 Å². The Morgan fingerprint density at radius 2 is 2.24 bits per heavy atom. The summed E-state index contributed by atoms with van der Waals surface area (Å²) in [7, 11) is 0. The van der Waals surface area contributed by atoms with Crippen molar-refractivity contribution in [3.05, 3.63) is 41.9 Å². The van der Waals surface area contributed by atoms with Gasteiger partial charge in [0.1, 0.15) is 0 Å². The number of H-pyrrole nitrogens is 1. The van der Waals surface area contributed by atoms with Gasteiger partial charge in [0.25, 0.3) is 0 Å². The first-order chi connectivity index (χ1) is 8.43. The first kappa shape index (κ1) is 10.2. The number of aryl methyl sites for hydroxylation is 2. The highest BCUT2D eigenvalue weighted by molar-refractivity contribution is 7.13. The topological polar surface area (TPSA) is 59.4 Å². The van der Waals surface area contributed by atoms with Crippen LogP contribution < -0.4 is 0 Å². The van der Waals surface area contributed by atoms with Crippen LogP contribution in [-0.2, 0) is 13.0 Å². The molecule has 3 aromatic heterocycles. The second kappa shape index (κ2) is 4.50. The van der Waals surface area contributed by atoms with E-state index in [1.54, 1.807) is 23.7 Å². The van der Waals surface area contributed by atoms with E-state index in [2.05, 4.69) is 24.7 Å². The molecule has 0 aliphatic carbocycles. The second-order valence-corrected chi connectivity index (χ2v) is 4.51. The van der Waals surface area contributed by atoms with Crippen molar-refractivity contribution in [3.8, 4) is 10.8 Å². The van der Waals surface area contributed by atoms with Crippen LogP contribution in [0.15, 0.2) is 36.2 Å². The Kier molecular flexibility index (Phi) is 2.71. The van der Waals surface area contributed by atoms with Gasteiger partial charge in [0.05, 0.1) is 0 Å². The summed E-state index contributed by atoms with van der Waals surface area (Å²) in [5.74, 6) is 0.930. The lowest BCUT2D eigenvalue weighted by Gasteiger charge is -2.04. The van der Waals surface area contributed by atoms with Gasteiger partial charge in [0.15, 0.2) is 10.8 Å². The monoisotopic (exact) mass is 245 g/mol. The van der Waals surface area contributed by atoms with E-state index in [0.717, 1.165) is 29.5 Å². The van der Waals surface area contributed by atoms with E-state index in [1.807, 2.05) is 23.8 Å². The van der Waals surface area contributed by atoms with Gasteiger partial charge in [0.2, 0.25) is 0 Å². The van der Waals surface area contributed by atoms with Crippen LogP contribution in [-0.4, -0.2) is 24.7 Å². The van der Waals surface area contributed by atoms with Crippen molar-refractivity contribution in [2.24, 2.45) is 0 Å². The molecule has 3 rings (SSSR count). The average Bonchev–Trinajstić information content (AvgIpc) is 3.09. The average molecular weight is 245 g/mol. The number of nitrogens with one attached hydrogen (secondary N) is 1. The maximum absolute atomic E-state index is 4.34. The Morgan fingerprint density at radius 1 is 1.24 bits per heavy atom. The van der Waals surface area contributed by atoms with Crippen LogP contribution in [0.1, 0.15) is 5.69 Å². The Balaban J connectivity index is 1.78. The maximum atomic E-state index is 4.34. The number of imidazole rings is 1. The van der Waals surface area contributed by atoms with Crippen molar-refractivity contribution < 1.29 is 0 Å². The van der Waals surface area contributed by atoms with E-state index in [1.165, 1.54) is 0 Å². The third-order valence-electron chi connectivity index (χ3n) is 2.52. The van der Waals surface area contributed by atoms with Crippen LogP contribution in [0.5, 0.6) is 0 Å². The van der Waals surface area contributed by atoms with Crippen molar-refractivity contribution in [3.63, 3.8) is 0 Å². The number of aromatic amines is 1. The largest absolute Gasteiger partial charge is 0.329 e. The zero-order valence-corrected chi connectivity index (χ0v) is 9.89. The molecule has 0 spiro atoms. The van der Waals surface area contributed by atoms with Gasteiger partial charge >= 0.3 is 0 Å². The third kappa shape index (κ3) is 2.12. The third-order valence-corrected chi connectivity index (χ3v) is 3.29. The predicted octanol–water partition coefficient (Wildman–Crippen LogP) is 1.97. The SMILES string of the molecule is c1cc(CCn2ccnc2-c2nccs2)[nH]n1. The van der Waals surface area contributed by atoms with Crippen LogP contribution in [0.4, 0.5) is 0 Å². The first-order valence-electron chi connectivity index (χ1n) is 5.33. The standard InChI is InChI=1S/C11H11N5S/c1-3-14-15-9(1)2-6-16-7-4-12-10(16)11-13-5-8-17-11/h1,3-5,7-8H,2,6H2,(H,14,15). The summed E-state index contributed by atoms with van der Waals surface area (Å²) < 4.78 is 2.11. The molecular weight excluding hydrogens is 234 g/mol. The minimum atomic E-state index is 0.872. The molecule has 0 fully saturated rings. The molecule has 0 bridgehead atoms. The van der Waals surface area contributed by atoms with E-state index in [9.17, 15) is 0 Å². The van der Waals surface area contributed by atoms with E-state index in [0.29, 0.717) is 0 Å². The number of hydrogen-bond donors (Lipinski definition) is 1. The van der Waals surface area contributed by atoms with Crippen LogP contribution >= 0.6 is 11.3 Å². The number of nitrogens with zero attached hydrogens (tertiary/aromatic N) is 4. The highest BCUT2D eigenvalue weighted by atomic mass is 32.1. The smallest absolute Gasteiger partial charge is 0.169 e. The lowest BCUT2D eigenvalue weighted by Crippen LogP contribution is -2.02. The van der Waals surface area contributed by atoms with Crippen molar-refractivity contribution in [1.29, 1.82) is 0 Å². The lowest BCUT2D eigenvalue weighted by atomic mass is 10.3. The van der Waals surface area contributed by atoms with Crippen molar-refractivity contribution >= 4 is 11.3 Å². The fourth-order valence-corrected chi connectivity index (χ4v) is 2.33. The molecule has 0 aromatic carbocycles. The Labute approximate surface area is 102 Å². The Hall–Kier alpha value is -1.95. The molecule has 86 valence electrons. The fourth-order valence-electron chi connectivity index (χ4n) is 1.69. The predicted molar refractivity (Wildman–Crippen MR) is 65.6 cm³/mol. The molecule has 0 atom stereocenters. The van der Waals surface area contributed by atoms with Gasteiger partial charge in [-0.15, -0.1) is 11.3 Å². The molecule has 17 heavy (non-hydrogen) atoms. The fraction of sp³-hybridized carbons (Fsp3) is 0.182. The normalized spacial score (nSPS) is 10.8. The molecule has 1 N–H and O–H groups in total. The summed E-state index contributed by atoms with van der Waals surface area (Å²) in [6.07, 6.45) is 8.27. The zero-order valence-electron chi connectivity index (χ0n) is 9.08. The molecule has 0 saturated carbocycles. The molecule has 0 amide bonds. The molecule has 0 unspecified atom stereocenters. The summed E-state index contributed by atoms with van der Waals surface area (Å²) in [5, 5.41) is 9.81. The van der Waals surface area contributed by atoms with Gasteiger partial charge in [0, 0.05) is 48.8 Å². The van der Waals surface area contributed by atoms with Gasteiger partial charge < -0.3 is 4.57 Å². The summed E-state index contributed by atoms with van der Waals surface area (Å²) >= 11 is 1.60.